The monoisotopic (exact) mass is 294 g/mol. The lowest BCUT2D eigenvalue weighted by atomic mass is 9.85. The van der Waals surface area contributed by atoms with Gasteiger partial charge in [-0.05, 0) is 24.3 Å². The van der Waals surface area contributed by atoms with Crippen LogP contribution in [0.25, 0.3) is 0 Å². The second kappa shape index (κ2) is 7.22. The van der Waals surface area contributed by atoms with Gasteiger partial charge in [-0.2, -0.15) is 5.26 Å². The number of hydrogen-bond acceptors (Lipinski definition) is 3. The highest BCUT2D eigenvalue weighted by atomic mass is 15.4. The molecule has 3 rings (SSSR count). The molecule has 1 aliphatic rings. The van der Waals surface area contributed by atoms with Crippen LogP contribution in [0.15, 0.2) is 30.3 Å². The largest absolute Gasteiger partial charge is 0.244 e. The van der Waals surface area contributed by atoms with Crippen LogP contribution >= 0.6 is 0 Å². The number of nitriles is 1. The van der Waals surface area contributed by atoms with Crippen LogP contribution in [-0.2, 0) is 13.0 Å². The van der Waals surface area contributed by atoms with Crippen molar-refractivity contribution in [3.8, 4) is 6.07 Å². The summed E-state index contributed by atoms with van der Waals surface area (Å²) in [6.45, 7) is 0.690. The molecule has 1 heterocycles. The van der Waals surface area contributed by atoms with E-state index < -0.39 is 0 Å². The molecule has 4 heteroatoms. The zero-order valence-electron chi connectivity index (χ0n) is 12.9. The van der Waals surface area contributed by atoms with Crippen LogP contribution in [0.2, 0.25) is 0 Å². The third-order valence-corrected chi connectivity index (χ3v) is 4.63. The fourth-order valence-corrected chi connectivity index (χ4v) is 3.37. The summed E-state index contributed by atoms with van der Waals surface area (Å²) < 4.78 is 1.90. The summed E-state index contributed by atoms with van der Waals surface area (Å²) >= 11 is 0. The zero-order chi connectivity index (χ0) is 15.2. The lowest BCUT2D eigenvalue weighted by Crippen LogP contribution is -2.11. The van der Waals surface area contributed by atoms with E-state index in [1.54, 1.807) is 0 Å². The Morgan fingerprint density at radius 3 is 2.64 bits per heavy atom. The van der Waals surface area contributed by atoms with E-state index in [0.717, 1.165) is 24.5 Å². The van der Waals surface area contributed by atoms with Crippen molar-refractivity contribution >= 4 is 0 Å². The minimum atomic E-state index is 0.492. The molecular formula is C18H22N4. The molecule has 0 N–H and O–H groups in total. The average molecular weight is 294 g/mol. The first-order valence-corrected chi connectivity index (χ1v) is 8.23. The van der Waals surface area contributed by atoms with Crippen LogP contribution in [0.4, 0.5) is 0 Å². The molecular weight excluding hydrogens is 272 g/mol. The van der Waals surface area contributed by atoms with Crippen molar-refractivity contribution in [1.82, 2.24) is 15.0 Å². The van der Waals surface area contributed by atoms with Gasteiger partial charge in [0, 0.05) is 0 Å². The van der Waals surface area contributed by atoms with Crippen molar-refractivity contribution in [2.45, 2.75) is 51.5 Å². The van der Waals surface area contributed by atoms with Crippen molar-refractivity contribution in [2.24, 2.45) is 5.92 Å². The molecule has 0 spiro atoms. The summed E-state index contributed by atoms with van der Waals surface area (Å²) in [5.41, 5.74) is 2.68. The normalized spacial score (nSPS) is 15.6. The standard InChI is InChI=1S/C18H22N4/c19-13-17-18(12-11-15-7-3-1-4-8-15)22(21-20-17)14-16-9-5-2-6-10-16/h2,5-6,9-10,15H,1,3-4,7-8,11-12,14H2. The maximum absolute atomic E-state index is 9.27. The second-order valence-corrected chi connectivity index (χ2v) is 6.18. The molecule has 0 aliphatic heterocycles. The molecule has 0 unspecified atom stereocenters. The van der Waals surface area contributed by atoms with Gasteiger partial charge >= 0.3 is 0 Å². The SMILES string of the molecule is N#Cc1nnn(Cc2ccccc2)c1CCC1CCCCC1. The smallest absolute Gasteiger partial charge is 0.185 e. The number of hydrogen-bond donors (Lipinski definition) is 0. The van der Waals surface area contributed by atoms with Crippen LogP contribution in [0, 0.1) is 17.2 Å². The van der Waals surface area contributed by atoms with Gasteiger partial charge in [0.1, 0.15) is 6.07 Å². The fourth-order valence-electron chi connectivity index (χ4n) is 3.37. The zero-order valence-corrected chi connectivity index (χ0v) is 12.9. The molecule has 0 bridgehead atoms. The molecule has 4 nitrogen and oxygen atoms in total. The minimum absolute atomic E-state index is 0.492. The van der Waals surface area contributed by atoms with E-state index in [4.69, 9.17) is 0 Å². The first kappa shape index (κ1) is 14.8. The molecule has 2 aromatic rings. The van der Waals surface area contributed by atoms with Crippen LogP contribution in [0.5, 0.6) is 0 Å². The molecule has 0 saturated heterocycles. The number of nitrogens with zero attached hydrogens (tertiary/aromatic N) is 4. The van der Waals surface area contributed by atoms with Gasteiger partial charge < -0.3 is 0 Å². The average Bonchev–Trinajstić information content (AvgIpc) is 2.96. The minimum Gasteiger partial charge on any atom is -0.244 e. The quantitative estimate of drug-likeness (QED) is 0.844. The van der Waals surface area contributed by atoms with E-state index >= 15 is 0 Å². The van der Waals surface area contributed by atoms with E-state index in [0.29, 0.717) is 12.2 Å². The van der Waals surface area contributed by atoms with Crippen molar-refractivity contribution in [1.29, 1.82) is 5.26 Å². The topological polar surface area (TPSA) is 54.5 Å². The summed E-state index contributed by atoms with van der Waals surface area (Å²) in [5, 5.41) is 17.5. The maximum Gasteiger partial charge on any atom is 0.185 e. The molecule has 1 aromatic heterocycles. The summed E-state index contributed by atoms with van der Waals surface area (Å²) in [6, 6.07) is 12.4. The van der Waals surface area contributed by atoms with E-state index in [1.165, 1.54) is 37.7 Å². The van der Waals surface area contributed by atoms with Crippen molar-refractivity contribution in [3.05, 3.63) is 47.3 Å². The first-order valence-electron chi connectivity index (χ1n) is 8.23. The van der Waals surface area contributed by atoms with Gasteiger partial charge in [-0.1, -0.05) is 67.6 Å². The Morgan fingerprint density at radius 1 is 1.14 bits per heavy atom. The molecule has 22 heavy (non-hydrogen) atoms. The Kier molecular flexibility index (Phi) is 4.85. The lowest BCUT2D eigenvalue weighted by molar-refractivity contribution is 0.336. The van der Waals surface area contributed by atoms with Crippen LogP contribution in [0.1, 0.15) is 55.5 Å². The Balaban J connectivity index is 1.71. The van der Waals surface area contributed by atoms with Crippen molar-refractivity contribution in [3.63, 3.8) is 0 Å². The molecule has 1 aromatic carbocycles. The Hall–Kier alpha value is -2.15. The Morgan fingerprint density at radius 2 is 1.91 bits per heavy atom. The molecule has 0 amide bonds. The Bertz CT molecular complexity index is 633. The summed E-state index contributed by atoms with van der Waals surface area (Å²) in [6.07, 6.45) is 8.83. The van der Waals surface area contributed by atoms with Crippen LogP contribution < -0.4 is 0 Å². The van der Waals surface area contributed by atoms with Gasteiger partial charge in [-0.25, -0.2) is 4.68 Å². The van der Waals surface area contributed by atoms with E-state index in [-0.39, 0.29) is 0 Å². The van der Waals surface area contributed by atoms with Gasteiger partial charge in [0.25, 0.3) is 0 Å². The highest BCUT2D eigenvalue weighted by Crippen LogP contribution is 2.27. The first-order chi connectivity index (χ1) is 10.9. The molecule has 114 valence electrons. The predicted molar refractivity (Wildman–Crippen MR) is 85.2 cm³/mol. The Labute approximate surface area is 131 Å². The number of rotatable bonds is 5. The van der Waals surface area contributed by atoms with E-state index in [9.17, 15) is 5.26 Å². The molecule has 1 fully saturated rings. The van der Waals surface area contributed by atoms with Crippen molar-refractivity contribution in [2.75, 3.05) is 0 Å². The molecule has 0 atom stereocenters. The van der Waals surface area contributed by atoms with Gasteiger partial charge in [0.05, 0.1) is 12.2 Å². The summed E-state index contributed by atoms with van der Waals surface area (Å²) in [5.74, 6) is 0.806. The second-order valence-electron chi connectivity index (χ2n) is 6.18. The van der Waals surface area contributed by atoms with Crippen molar-refractivity contribution < 1.29 is 0 Å². The van der Waals surface area contributed by atoms with Crippen LogP contribution in [-0.4, -0.2) is 15.0 Å². The van der Waals surface area contributed by atoms with E-state index in [1.807, 2.05) is 22.9 Å². The van der Waals surface area contributed by atoms with Gasteiger partial charge in [0.15, 0.2) is 5.69 Å². The fraction of sp³-hybridized carbons (Fsp3) is 0.500. The summed E-state index contributed by atoms with van der Waals surface area (Å²) in [7, 11) is 0. The molecule has 1 aliphatic carbocycles. The van der Waals surface area contributed by atoms with Gasteiger partial charge in [-0.15, -0.1) is 5.10 Å². The molecule has 1 saturated carbocycles. The highest BCUT2D eigenvalue weighted by Gasteiger charge is 2.17. The third kappa shape index (κ3) is 3.54. The number of aromatic nitrogens is 3. The van der Waals surface area contributed by atoms with Crippen LogP contribution in [0.3, 0.4) is 0 Å². The summed E-state index contributed by atoms with van der Waals surface area (Å²) in [4.78, 5) is 0. The lowest BCUT2D eigenvalue weighted by Gasteiger charge is -2.21. The molecule has 0 radical (unpaired) electrons. The van der Waals surface area contributed by atoms with Gasteiger partial charge in [-0.3, -0.25) is 0 Å². The predicted octanol–water partition coefficient (Wildman–Crippen LogP) is 3.71. The van der Waals surface area contributed by atoms with E-state index in [2.05, 4.69) is 28.5 Å². The third-order valence-electron chi connectivity index (χ3n) is 4.63. The maximum atomic E-state index is 9.27. The van der Waals surface area contributed by atoms with Gasteiger partial charge in [0.2, 0.25) is 0 Å². The highest BCUT2D eigenvalue weighted by molar-refractivity contribution is 5.26. The number of benzene rings is 1.